The van der Waals surface area contributed by atoms with Crippen LogP contribution >= 0.6 is 24.0 Å². The molecule has 1 unspecified atom stereocenters. The number of rotatable bonds is 8. The molecular weight excluding hydrogens is 505 g/mol. The standard InChI is InChI=1S/C23H37N5O2.HI/c1-24-23(25-16-19-10-6-7-11-21(19)30-15-14-27(2)3)26-20-12-13-28(17-20)22(29)18-8-4-5-9-18;/h6-7,10-11,18,20H,4-5,8-9,12-17H2,1-3H3,(H2,24,25,26);1H. The Labute approximate surface area is 204 Å². The van der Waals surface area contributed by atoms with E-state index in [1.165, 1.54) is 12.8 Å². The molecular formula is C23H38IN5O2. The highest BCUT2D eigenvalue weighted by atomic mass is 127. The summed E-state index contributed by atoms with van der Waals surface area (Å²) in [5, 5.41) is 6.88. The van der Waals surface area contributed by atoms with Gasteiger partial charge >= 0.3 is 0 Å². The highest BCUT2D eigenvalue weighted by molar-refractivity contribution is 14.0. The highest BCUT2D eigenvalue weighted by Crippen LogP contribution is 2.27. The number of nitrogens with one attached hydrogen (secondary N) is 2. The molecule has 3 rings (SSSR count). The number of ether oxygens (including phenoxy) is 1. The van der Waals surface area contributed by atoms with Crippen LogP contribution < -0.4 is 15.4 Å². The zero-order valence-electron chi connectivity index (χ0n) is 19.1. The van der Waals surface area contributed by atoms with Gasteiger partial charge in [-0.15, -0.1) is 24.0 Å². The molecule has 2 aliphatic rings. The van der Waals surface area contributed by atoms with Crippen LogP contribution in [0.15, 0.2) is 29.3 Å². The third-order valence-electron chi connectivity index (χ3n) is 5.98. The Morgan fingerprint density at radius 2 is 1.97 bits per heavy atom. The van der Waals surface area contributed by atoms with Crippen molar-refractivity contribution in [1.82, 2.24) is 20.4 Å². The summed E-state index contributed by atoms with van der Waals surface area (Å²) >= 11 is 0. The molecule has 1 aromatic carbocycles. The number of aliphatic imine (C=N–C) groups is 1. The van der Waals surface area contributed by atoms with E-state index >= 15 is 0 Å². The smallest absolute Gasteiger partial charge is 0.225 e. The molecule has 0 radical (unpaired) electrons. The highest BCUT2D eigenvalue weighted by Gasteiger charge is 2.32. The van der Waals surface area contributed by atoms with Gasteiger partial charge in [-0.1, -0.05) is 31.0 Å². The van der Waals surface area contributed by atoms with Crippen molar-refractivity contribution < 1.29 is 9.53 Å². The molecule has 1 aliphatic carbocycles. The molecule has 174 valence electrons. The van der Waals surface area contributed by atoms with Crippen LogP contribution in [0, 0.1) is 5.92 Å². The second kappa shape index (κ2) is 13.1. The van der Waals surface area contributed by atoms with Crippen molar-refractivity contribution in [1.29, 1.82) is 0 Å². The Morgan fingerprint density at radius 1 is 1.23 bits per heavy atom. The lowest BCUT2D eigenvalue weighted by atomic mass is 10.1. The zero-order valence-corrected chi connectivity index (χ0v) is 21.4. The third-order valence-corrected chi connectivity index (χ3v) is 5.98. The van der Waals surface area contributed by atoms with Crippen LogP contribution in [0.1, 0.15) is 37.7 Å². The van der Waals surface area contributed by atoms with Gasteiger partial charge in [0, 0.05) is 50.7 Å². The van der Waals surface area contributed by atoms with E-state index in [0.29, 0.717) is 19.1 Å². The quantitative estimate of drug-likeness (QED) is 0.300. The van der Waals surface area contributed by atoms with E-state index in [0.717, 1.165) is 56.2 Å². The summed E-state index contributed by atoms with van der Waals surface area (Å²) in [5.41, 5.74) is 1.10. The topological polar surface area (TPSA) is 69.2 Å². The molecule has 1 atom stereocenters. The van der Waals surface area contributed by atoms with Crippen molar-refractivity contribution in [2.75, 3.05) is 47.4 Å². The maximum Gasteiger partial charge on any atom is 0.225 e. The van der Waals surface area contributed by atoms with Crippen LogP contribution in [-0.4, -0.2) is 75.1 Å². The van der Waals surface area contributed by atoms with Gasteiger partial charge in [-0.25, -0.2) is 0 Å². The van der Waals surface area contributed by atoms with E-state index in [1.54, 1.807) is 7.05 Å². The first-order valence-corrected chi connectivity index (χ1v) is 11.2. The van der Waals surface area contributed by atoms with Gasteiger partial charge < -0.3 is 25.2 Å². The normalized spacial score (nSPS) is 19.4. The first kappa shape index (κ1) is 25.7. The van der Waals surface area contributed by atoms with Crippen molar-refractivity contribution in [2.24, 2.45) is 10.9 Å². The van der Waals surface area contributed by atoms with Crippen LogP contribution in [-0.2, 0) is 11.3 Å². The van der Waals surface area contributed by atoms with Gasteiger partial charge in [0.25, 0.3) is 0 Å². The predicted octanol–water partition coefficient (Wildman–Crippen LogP) is 2.70. The molecule has 1 aromatic rings. The van der Waals surface area contributed by atoms with Crippen LogP contribution in [0.25, 0.3) is 0 Å². The average molecular weight is 543 g/mol. The minimum absolute atomic E-state index is 0. The Bertz CT molecular complexity index is 722. The molecule has 0 spiro atoms. The molecule has 2 fully saturated rings. The van der Waals surface area contributed by atoms with E-state index in [9.17, 15) is 4.79 Å². The summed E-state index contributed by atoms with van der Waals surface area (Å²) < 4.78 is 5.95. The summed E-state index contributed by atoms with van der Waals surface area (Å²) in [6.45, 7) is 3.77. The first-order valence-electron chi connectivity index (χ1n) is 11.2. The van der Waals surface area contributed by atoms with Gasteiger partial charge in [-0.3, -0.25) is 9.79 Å². The fourth-order valence-electron chi connectivity index (χ4n) is 4.21. The van der Waals surface area contributed by atoms with E-state index in [1.807, 2.05) is 37.2 Å². The number of likely N-dealkylation sites (N-methyl/N-ethyl adjacent to an activating group) is 1. The van der Waals surface area contributed by atoms with Gasteiger partial charge in [-0.05, 0) is 39.4 Å². The van der Waals surface area contributed by atoms with Gasteiger partial charge in [0.15, 0.2) is 5.96 Å². The van der Waals surface area contributed by atoms with E-state index in [-0.39, 0.29) is 35.9 Å². The van der Waals surface area contributed by atoms with E-state index < -0.39 is 0 Å². The number of carbonyl (C=O) groups is 1. The van der Waals surface area contributed by atoms with Gasteiger partial charge in [0.05, 0.1) is 0 Å². The van der Waals surface area contributed by atoms with Crippen LogP contribution in [0.3, 0.4) is 0 Å². The largest absolute Gasteiger partial charge is 0.492 e. The number of amides is 1. The summed E-state index contributed by atoms with van der Waals surface area (Å²) in [7, 11) is 5.86. The van der Waals surface area contributed by atoms with E-state index in [2.05, 4.69) is 26.6 Å². The van der Waals surface area contributed by atoms with Crippen LogP contribution in [0.5, 0.6) is 5.75 Å². The lowest BCUT2D eigenvalue weighted by Gasteiger charge is -2.21. The van der Waals surface area contributed by atoms with Crippen molar-refractivity contribution in [3.63, 3.8) is 0 Å². The number of benzene rings is 1. The molecule has 0 aromatic heterocycles. The number of carbonyl (C=O) groups excluding carboxylic acids is 1. The number of para-hydroxylation sites is 1. The fraction of sp³-hybridized carbons (Fsp3) is 0.652. The van der Waals surface area contributed by atoms with Crippen molar-refractivity contribution in [3.8, 4) is 5.75 Å². The second-order valence-electron chi connectivity index (χ2n) is 8.58. The fourth-order valence-corrected chi connectivity index (χ4v) is 4.21. The number of nitrogens with zero attached hydrogens (tertiary/aromatic N) is 3. The predicted molar refractivity (Wildman–Crippen MR) is 136 cm³/mol. The van der Waals surface area contributed by atoms with E-state index in [4.69, 9.17) is 4.74 Å². The summed E-state index contributed by atoms with van der Waals surface area (Å²) in [5.74, 6) is 2.27. The molecule has 31 heavy (non-hydrogen) atoms. The van der Waals surface area contributed by atoms with Gasteiger partial charge in [0.1, 0.15) is 12.4 Å². The van der Waals surface area contributed by atoms with Crippen molar-refractivity contribution >= 4 is 35.8 Å². The van der Waals surface area contributed by atoms with Crippen LogP contribution in [0.4, 0.5) is 0 Å². The van der Waals surface area contributed by atoms with Gasteiger partial charge in [0.2, 0.25) is 5.91 Å². The molecule has 7 nitrogen and oxygen atoms in total. The second-order valence-corrected chi connectivity index (χ2v) is 8.58. The maximum atomic E-state index is 12.7. The third kappa shape index (κ3) is 7.82. The average Bonchev–Trinajstić information content (AvgIpc) is 3.43. The lowest BCUT2D eigenvalue weighted by Crippen LogP contribution is -2.45. The Balaban J connectivity index is 0.00000341. The Kier molecular flexibility index (Phi) is 10.9. The number of hydrogen-bond donors (Lipinski definition) is 2. The minimum atomic E-state index is 0. The number of hydrogen-bond acceptors (Lipinski definition) is 4. The minimum Gasteiger partial charge on any atom is -0.492 e. The molecule has 1 saturated heterocycles. The molecule has 8 heteroatoms. The monoisotopic (exact) mass is 543 g/mol. The van der Waals surface area contributed by atoms with Gasteiger partial charge in [-0.2, -0.15) is 0 Å². The summed E-state index contributed by atoms with van der Waals surface area (Å²) in [6.07, 6.45) is 5.48. The first-order chi connectivity index (χ1) is 14.6. The summed E-state index contributed by atoms with van der Waals surface area (Å²) in [6, 6.07) is 8.34. The van der Waals surface area contributed by atoms with Crippen molar-refractivity contribution in [2.45, 2.75) is 44.7 Å². The number of guanidine groups is 1. The van der Waals surface area contributed by atoms with Crippen molar-refractivity contribution in [3.05, 3.63) is 29.8 Å². The lowest BCUT2D eigenvalue weighted by molar-refractivity contribution is -0.134. The zero-order chi connectivity index (χ0) is 21.3. The molecule has 1 amide bonds. The Morgan fingerprint density at radius 3 is 2.68 bits per heavy atom. The molecule has 1 aliphatic heterocycles. The Hall–Kier alpha value is -1.55. The van der Waals surface area contributed by atoms with Crippen LogP contribution in [0.2, 0.25) is 0 Å². The molecule has 1 saturated carbocycles. The SMILES string of the molecule is CN=C(NCc1ccccc1OCCN(C)C)NC1CCN(C(=O)C2CCCC2)C1.I. The molecule has 2 N–H and O–H groups in total. The number of likely N-dealkylation sites (tertiary alicyclic amines) is 1. The summed E-state index contributed by atoms with van der Waals surface area (Å²) in [4.78, 5) is 21.2. The number of halogens is 1. The molecule has 1 heterocycles. The maximum absolute atomic E-state index is 12.7. The molecule has 0 bridgehead atoms.